The summed E-state index contributed by atoms with van der Waals surface area (Å²) >= 11 is 0. The number of nitrogens with one attached hydrogen (secondary N) is 3. The number of aliphatic hydroxyl groups is 1. The average molecular weight is 521 g/mol. The summed E-state index contributed by atoms with van der Waals surface area (Å²) in [6, 6.07) is 8.31. The molecule has 2 amide bonds. The molecule has 0 aliphatic carbocycles. The van der Waals surface area contributed by atoms with Crippen LogP contribution in [0.25, 0.3) is 10.9 Å². The second-order valence-corrected chi connectivity index (χ2v) is 7.19. The maximum absolute atomic E-state index is 12.4. The number of anilines is 1. The first-order chi connectivity index (χ1) is 17.6. The van der Waals surface area contributed by atoms with E-state index >= 15 is 0 Å². The number of urea groups is 1. The first kappa shape index (κ1) is 27.0. The van der Waals surface area contributed by atoms with Gasteiger partial charge in [-0.05, 0) is 18.2 Å². The van der Waals surface area contributed by atoms with Gasteiger partial charge in [0, 0.05) is 31.0 Å². The van der Waals surface area contributed by atoms with Crippen molar-refractivity contribution in [1.29, 1.82) is 5.41 Å². The molecule has 14 heteroatoms. The molecule has 0 saturated heterocycles. The van der Waals surface area contributed by atoms with Crippen LogP contribution in [0.2, 0.25) is 0 Å². The number of fused-ring (bicyclic) bond motifs is 1. The van der Waals surface area contributed by atoms with E-state index in [-0.39, 0.29) is 23.4 Å². The van der Waals surface area contributed by atoms with Crippen molar-refractivity contribution in [2.75, 3.05) is 32.8 Å². The van der Waals surface area contributed by atoms with Crippen LogP contribution in [0.15, 0.2) is 54.7 Å². The molecule has 0 aliphatic rings. The summed E-state index contributed by atoms with van der Waals surface area (Å²) in [6.07, 6.45) is -3.60. The molecular weight excluding hydrogens is 499 g/mol. The van der Waals surface area contributed by atoms with Crippen LogP contribution in [0.1, 0.15) is 0 Å². The highest BCUT2D eigenvalue weighted by molar-refractivity contribution is 5.98. The Hall–Kier alpha value is -4.59. The lowest BCUT2D eigenvalue weighted by atomic mass is 10.2. The van der Waals surface area contributed by atoms with E-state index in [1.54, 1.807) is 36.7 Å². The molecule has 1 aromatic heterocycles. The largest absolute Gasteiger partial charge is 0.494 e. The van der Waals surface area contributed by atoms with E-state index in [1.165, 1.54) is 25.6 Å². The van der Waals surface area contributed by atoms with E-state index < -0.39 is 23.8 Å². The van der Waals surface area contributed by atoms with Crippen molar-refractivity contribution in [3.05, 3.63) is 54.7 Å². The van der Waals surface area contributed by atoms with Gasteiger partial charge in [-0.1, -0.05) is 6.07 Å². The lowest BCUT2D eigenvalue weighted by Gasteiger charge is -2.13. The van der Waals surface area contributed by atoms with Crippen molar-refractivity contribution < 1.29 is 42.0 Å². The molecule has 0 radical (unpaired) electrons. The monoisotopic (exact) mass is 521 g/mol. The van der Waals surface area contributed by atoms with Gasteiger partial charge in [-0.15, -0.1) is 0 Å². The van der Waals surface area contributed by atoms with Gasteiger partial charge in [-0.25, -0.2) is 14.8 Å². The first-order valence-electron chi connectivity index (χ1n) is 10.5. The van der Waals surface area contributed by atoms with Gasteiger partial charge in [0.05, 0.1) is 24.6 Å². The summed E-state index contributed by atoms with van der Waals surface area (Å²) in [7, 11) is 3.04. The maximum Gasteiger partial charge on any atom is 0.432 e. The van der Waals surface area contributed by atoms with Crippen LogP contribution in [-0.4, -0.2) is 60.4 Å². The average Bonchev–Trinajstić information content (AvgIpc) is 2.83. The predicted octanol–water partition coefficient (Wildman–Crippen LogP) is 4.56. The third-order valence-corrected chi connectivity index (χ3v) is 4.56. The second-order valence-electron chi connectivity index (χ2n) is 7.19. The lowest BCUT2D eigenvalue weighted by molar-refractivity contribution is -0.0585. The van der Waals surface area contributed by atoms with E-state index in [0.717, 1.165) is 0 Å². The number of carbonyl (C=O) groups is 1. The van der Waals surface area contributed by atoms with Crippen molar-refractivity contribution >= 4 is 28.3 Å². The number of carbonyl (C=O) groups excluding carboxylic acids is 1. The summed E-state index contributed by atoms with van der Waals surface area (Å²) < 4.78 is 59.1. The van der Waals surface area contributed by atoms with Crippen molar-refractivity contribution in [2.24, 2.45) is 0 Å². The summed E-state index contributed by atoms with van der Waals surface area (Å²) in [6.45, 7) is 0.688. The molecular formula is C23H22F3N5O6. The van der Waals surface area contributed by atoms with Crippen LogP contribution in [0, 0.1) is 5.41 Å². The minimum atomic E-state index is -4.97. The van der Waals surface area contributed by atoms with Crippen LogP contribution in [0.5, 0.6) is 23.1 Å². The Kier molecular flexibility index (Phi) is 8.68. The van der Waals surface area contributed by atoms with Gasteiger partial charge >= 0.3 is 12.2 Å². The molecule has 0 spiro atoms. The van der Waals surface area contributed by atoms with Crippen LogP contribution in [0.3, 0.4) is 0 Å². The highest BCUT2D eigenvalue weighted by Gasteiger charge is 2.33. The van der Waals surface area contributed by atoms with E-state index in [1.807, 2.05) is 0 Å². The van der Waals surface area contributed by atoms with Crippen molar-refractivity contribution in [3.8, 4) is 23.1 Å². The molecule has 11 nitrogen and oxygen atoms in total. The predicted molar refractivity (Wildman–Crippen MR) is 127 cm³/mol. The Balaban J connectivity index is 1.75. The van der Waals surface area contributed by atoms with Gasteiger partial charge in [0.15, 0.2) is 17.4 Å². The zero-order chi connectivity index (χ0) is 27.0. The zero-order valence-electron chi connectivity index (χ0n) is 19.5. The number of ether oxygens (including phenoxy) is 4. The SMILES string of the molecule is COCCOc1cc2ncnc(Oc3cccc(NC(=O)N/C(O)=C/C(=N)C(F)(F)F)c3)c2cc1OC. The number of benzene rings is 2. The number of amides is 2. The van der Waals surface area contributed by atoms with Crippen molar-refractivity contribution in [3.63, 3.8) is 0 Å². The number of hydrogen-bond acceptors (Lipinski definition) is 9. The number of hydrogen-bond donors (Lipinski definition) is 4. The van der Waals surface area contributed by atoms with Crippen LogP contribution >= 0.6 is 0 Å². The highest BCUT2D eigenvalue weighted by Crippen LogP contribution is 2.36. The third kappa shape index (κ3) is 7.44. The summed E-state index contributed by atoms with van der Waals surface area (Å²) in [5, 5.41) is 21.0. The lowest BCUT2D eigenvalue weighted by Crippen LogP contribution is -2.29. The quantitative estimate of drug-likeness (QED) is 0.172. The van der Waals surface area contributed by atoms with Crippen molar-refractivity contribution in [2.45, 2.75) is 6.18 Å². The Morgan fingerprint density at radius 1 is 1.14 bits per heavy atom. The van der Waals surface area contributed by atoms with Gasteiger partial charge in [0.1, 0.15) is 24.4 Å². The van der Waals surface area contributed by atoms with E-state index in [9.17, 15) is 23.1 Å². The van der Waals surface area contributed by atoms with Crippen LogP contribution in [-0.2, 0) is 4.74 Å². The number of nitrogens with zero attached hydrogens (tertiary/aromatic N) is 2. The molecule has 0 atom stereocenters. The van der Waals surface area contributed by atoms with Gasteiger partial charge in [-0.3, -0.25) is 10.7 Å². The number of aliphatic hydroxyl groups excluding tert-OH is 1. The minimum absolute atomic E-state index is 0.0711. The zero-order valence-corrected chi connectivity index (χ0v) is 19.5. The first-order valence-corrected chi connectivity index (χ1v) is 10.5. The summed E-state index contributed by atoms with van der Waals surface area (Å²) in [5.74, 6) is 0.160. The molecule has 0 unspecified atom stereocenters. The minimum Gasteiger partial charge on any atom is -0.494 e. The number of halogens is 3. The molecule has 0 fully saturated rings. The summed E-state index contributed by atoms with van der Waals surface area (Å²) in [5.41, 5.74) is -1.12. The molecule has 4 N–H and O–H groups in total. The van der Waals surface area contributed by atoms with Gasteiger partial charge < -0.3 is 29.4 Å². The molecule has 2 aromatic carbocycles. The number of allylic oxidation sites excluding steroid dienone is 1. The van der Waals surface area contributed by atoms with Crippen molar-refractivity contribution in [1.82, 2.24) is 15.3 Å². The fourth-order valence-electron chi connectivity index (χ4n) is 2.91. The maximum atomic E-state index is 12.4. The standard InChI is InChI=1S/C23H22F3N5O6/c1-34-6-7-36-18-10-16-15(9-17(18)35-2)21(29-12-28-16)37-14-5-3-4-13(8-14)30-22(33)31-20(32)11-19(27)23(24,25)26/h3-5,8-12,27,32H,6-7H2,1-2H3,(H2,30,31,33)/b20-11-,27-19?. The second kappa shape index (κ2) is 11.9. The molecule has 3 aromatic rings. The van der Waals surface area contributed by atoms with Crippen LogP contribution < -0.4 is 24.8 Å². The topological polar surface area (TPSA) is 148 Å². The fraction of sp³-hybridized carbons (Fsp3) is 0.217. The fourth-order valence-corrected chi connectivity index (χ4v) is 2.91. The van der Waals surface area contributed by atoms with E-state index in [0.29, 0.717) is 35.6 Å². The molecule has 0 bridgehead atoms. The number of methoxy groups -OCH3 is 2. The number of rotatable bonds is 10. The highest BCUT2D eigenvalue weighted by atomic mass is 19.4. The smallest absolute Gasteiger partial charge is 0.432 e. The molecule has 196 valence electrons. The Bertz CT molecular complexity index is 1320. The number of alkyl halides is 3. The third-order valence-electron chi connectivity index (χ3n) is 4.56. The number of aromatic nitrogens is 2. The Labute approximate surface area is 208 Å². The Morgan fingerprint density at radius 2 is 1.92 bits per heavy atom. The van der Waals surface area contributed by atoms with Crippen LogP contribution in [0.4, 0.5) is 23.7 Å². The molecule has 3 rings (SSSR count). The molecule has 37 heavy (non-hydrogen) atoms. The Morgan fingerprint density at radius 3 is 2.62 bits per heavy atom. The molecule has 0 saturated carbocycles. The normalized spacial score (nSPS) is 11.6. The van der Waals surface area contributed by atoms with Gasteiger partial charge in [0.25, 0.3) is 0 Å². The molecule has 1 heterocycles. The summed E-state index contributed by atoms with van der Waals surface area (Å²) in [4.78, 5) is 20.4. The van der Waals surface area contributed by atoms with Gasteiger partial charge in [-0.2, -0.15) is 13.2 Å². The van der Waals surface area contributed by atoms with E-state index in [4.69, 9.17) is 24.4 Å². The molecule has 0 aliphatic heterocycles. The van der Waals surface area contributed by atoms with E-state index in [2.05, 4.69) is 15.3 Å². The van der Waals surface area contributed by atoms with Gasteiger partial charge in [0.2, 0.25) is 5.88 Å².